The Morgan fingerprint density at radius 3 is 1.90 bits per heavy atom. The minimum absolute atomic E-state index is 0.170. The summed E-state index contributed by atoms with van der Waals surface area (Å²) in [5, 5.41) is 0. The summed E-state index contributed by atoms with van der Waals surface area (Å²) in [7, 11) is 0. The second kappa shape index (κ2) is 8.64. The Balaban J connectivity index is 1.86. The van der Waals surface area contributed by atoms with Gasteiger partial charge in [-0.25, -0.2) is 0 Å². The summed E-state index contributed by atoms with van der Waals surface area (Å²) >= 11 is 3.09. The zero-order valence-electron chi connectivity index (χ0n) is 16.8. The number of halogens is 1. The fourth-order valence-corrected chi connectivity index (χ4v) is 8.51. The molecule has 0 spiro atoms. The van der Waals surface area contributed by atoms with Crippen LogP contribution in [0.15, 0.2) is 103 Å². The predicted octanol–water partition coefficient (Wildman–Crippen LogP) is 2.28. The second-order valence-corrected chi connectivity index (χ2v) is 14.6. The van der Waals surface area contributed by atoms with Crippen molar-refractivity contribution in [3.63, 3.8) is 0 Å². The number of nitrogens with zero attached hydrogens (tertiary/aromatic N) is 1. The molecule has 4 aromatic carbocycles. The molecular weight excluding hydrogens is 507 g/mol. The third-order valence-corrected chi connectivity index (χ3v) is 12.0. The number of rotatable bonds is 5. The summed E-state index contributed by atoms with van der Waals surface area (Å²) in [6.45, 7) is 0. The van der Waals surface area contributed by atoms with Crippen molar-refractivity contribution in [2.45, 2.75) is 11.2 Å². The molecule has 0 aliphatic heterocycles. The van der Waals surface area contributed by atoms with E-state index in [0.29, 0.717) is 15.4 Å². The van der Waals surface area contributed by atoms with E-state index in [2.05, 4.69) is 127 Å². The van der Waals surface area contributed by atoms with Crippen molar-refractivity contribution in [1.29, 1.82) is 0 Å². The maximum absolute atomic E-state index is 2.93. The zero-order valence-corrected chi connectivity index (χ0v) is 21.3. The number of fused-ring (bicyclic) bond motifs is 3. The van der Waals surface area contributed by atoms with Gasteiger partial charge in [-0.05, 0) is 0 Å². The van der Waals surface area contributed by atoms with Crippen LogP contribution in [0, 0.1) is 3.57 Å². The van der Waals surface area contributed by atoms with Crippen LogP contribution in [0.5, 0.6) is 0 Å². The molecule has 0 aromatic heterocycles. The van der Waals surface area contributed by atoms with Gasteiger partial charge in [0.25, 0.3) is 0 Å². The first-order valence-electron chi connectivity index (χ1n) is 10.1. The Morgan fingerprint density at radius 2 is 1.27 bits per heavy atom. The van der Waals surface area contributed by atoms with Gasteiger partial charge in [-0.3, -0.25) is 0 Å². The first-order chi connectivity index (χ1) is 14.7. The molecule has 5 rings (SSSR count). The molecule has 0 bridgehead atoms. The molecular formula is C26H20Al2IN-. The van der Waals surface area contributed by atoms with Gasteiger partial charge in [0.2, 0.25) is 0 Å². The van der Waals surface area contributed by atoms with Crippen LogP contribution in [0.3, 0.4) is 0 Å². The first-order valence-corrected chi connectivity index (χ1v) is 14.3. The van der Waals surface area contributed by atoms with Crippen LogP contribution in [-0.4, -0.2) is 33.0 Å². The zero-order chi connectivity index (χ0) is 20.6. The van der Waals surface area contributed by atoms with Gasteiger partial charge in [0, 0.05) is 0 Å². The predicted molar refractivity (Wildman–Crippen MR) is 122 cm³/mol. The summed E-state index contributed by atoms with van der Waals surface area (Å²) in [5.41, 5.74) is 7.92. The molecule has 0 N–H and O–H groups in total. The normalized spacial score (nSPS) is 13.8. The molecule has 4 heteroatoms. The topological polar surface area (TPSA) is 3.24 Å². The van der Waals surface area contributed by atoms with E-state index in [1.165, 1.54) is 37.0 Å². The fraction of sp³-hybridized carbons (Fsp3) is 0.0769. The Hall–Kier alpha value is -1.37. The van der Waals surface area contributed by atoms with Crippen molar-refractivity contribution >= 4 is 32.0 Å². The van der Waals surface area contributed by atoms with Gasteiger partial charge in [-0.1, -0.05) is 0 Å². The molecule has 1 aliphatic rings. The van der Waals surface area contributed by atoms with Crippen LogP contribution in [-0.2, 0) is 5.41 Å². The molecule has 0 heterocycles. The molecule has 30 heavy (non-hydrogen) atoms. The van der Waals surface area contributed by atoms with E-state index in [4.69, 9.17) is 0 Å². The van der Waals surface area contributed by atoms with Crippen LogP contribution < -0.4 is 21.5 Å². The molecule has 0 saturated carbocycles. The maximum atomic E-state index is 2.93. The van der Waals surface area contributed by atoms with Gasteiger partial charge in [-0.2, -0.15) is 0 Å². The van der Waals surface area contributed by atoms with Crippen LogP contribution in [0.4, 0.5) is 0 Å². The van der Waals surface area contributed by atoms with Crippen LogP contribution in [0.2, 0.25) is 5.79 Å². The summed E-state index contributed by atoms with van der Waals surface area (Å²) in [6.07, 6.45) is 0. The number of hydrogen-bond acceptors (Lipinski definition) is 1. The first kappa shape index (κ1) is 20.5. The molecule has 0 fully saturated rings. The van der Waals surface area contributed by atoms with E-state index in [1.54, 1.807) is 0 Å². The van der Waals surface area contributed by atoms with Gasteiger partial charge in [0.05, 0.1) is 0 Å². The quantitative estimate of drug-likeness (QED) is 0.193. The SMILES string of the molecule is [CH3][Al][N]([Al])[I-]c1ccc2c(c1)C(c1ccccc1)(c1ccccc1)c1ccccc1-2. The van der Waals surface area contributed by atoms with Crippen LogP contribution in [0.25, 0.3) is 11.1 Å². The Morgan fingerprint density at radius 1 is 0.700 bits per heavy atom. The Bertz CT molecular complexity index is 1140. The average Bonchev–Trinajstić information content (AvgIpc) is 3.11. The average molecular weight is 527 g/mol. The van der Waals surface area contributed by atoms with E-state index in [1.807, 2.05) is 0 Å². The molecule has 0 unspecified atom stereocenters. The van der Waals surface area contributed by atoms with Crippen molar-refractivity contribution in [2.24, 2.45) is 0 Å². The van der Waals surface area contributed by atoms with Crippen molar-refractivity contribution in [2.75, 3.05) is 0 Å². The van der Waals surface area contributed by atoms with Gasteiger partial charge in [-0.15, -0.1) is 0 Å². The van der Waals surface area contributed by atoms with Gasteiger partial charge >= 0.3 is 206 Å². The summed E-state index contributed by atoms with van der Waals surface area (Å²) in [5.74, 6) is 2.30. The van der Waals surface area contributed by atoms with E-state index in [0.717, 1.165) is 0 Å². The monoisotopic (exact) mass is 527 g/mol. The van der Waals surface area contributed by atoms with E-state index >= 15 is 0 Å². The van der Waals surface area contributed by atoms with Crippen molar-refractivity contribution in [3.8, 4) is 11.1 Å². The third-order valence-electron chi connectivity index (χ3n) is 5.86. The van der Waals surface area contributed by atoms with Crippen molar-refractivity contribution < 1.29 is 21.5 Å². The molecule has 1 nitrogen and oxygen atoms in total. The van der Waals surface area contributed by atoms with E-state index < -0.39 is 0 Å². The molecule has 1 aliphatic carbocycles. The number of benzene rings is 4. The third kappa shape index (κ3) is 3.32. The van der Waals surface area contributed by atoms with E-state index in [9.17, 15) is 0 Å². The minimum atomic E-state index is -0.279. The summed E-state index contributed by atoms with van der Waals surface area (Å²) < 4.78 is 3.94. The van der Waals surface area contributed by atoms with E-state index in [-0.39, 0.29) is 26.9 Å². The summed E-state index contributed by atoms with van der Waals surface area (Å²) in [6, 6.07) is 38.2. The Kier molecular flexibility index (Phi) is 5.91. The van der Waals surface area contributed by atoms with Crippen molar-refractivity contribution in [1.82, 2.24) is 1.08 Å². The second-order valence-electron chi connectivity index (χ2n) is 7.40. The summed E-state index contributed by atoms with van der Waals surface area (Å²) in [4.78, 5) is 0. The van der Waals surface area contributed by atoms with Crippen LogP contribution in [0.1, 0.15) is 22.3 Å². The van der Waals surface area contributed by atoms with Gasteiger partial charge < -0.3 is 0 Å². The number of hydrogen-bond donors (Lipinski definition) is 0. The fourth-order valence-electron chi connectivity index (χ4n) is 4.63. The molecule has 0 saturated heterocycles. The van der Waals surface area contributed by atoms with Gasteiger partial charge in [0.1, 0.15) is 0 Å². The molecule has 143 valence electrons. The molecule has 4 aromatic rings. The standard InChI is InChI=1S/C25H17IN.CH3.2Al/c27-26-20-15-16-22-21-13-7-8-14-23(21)25(24(22)17-20,18-9-3-1-4-10-18)19-11-5-2-6-12-19;;;/h1-17H;1H3;;/q-1;;;. The molecule has 0 atom stereocenters. The van der Waals surface area contributed by atoms with Crippen molar-refractivity contribution in [3.05, 3.63) is 129 Å². The van der Waals surface area contributed by atoms with Crippen LogP contribution >= 0.6 is 0 Å². The Labute approximate surface area is 204 Å². The molecule has 0 amide bonds. The van der Waals surface area contributed by atoms with Gasteiger partial charge in [0.15, 0.2) is 0 Å². The molecule has 3 radical (unpaired) electrons.